The Morgan fingerprint density at radius 3 is 2.97 bits per heavy atom. The summed E-state index contributed by atoms with van der Waals surface area (Å²) in [5.41, 5.74) is 6.90. The summed E-state index contributed by atoms with van der Waals surface area (Å²) in [4.78, 5) is 3.22. The third kappa shape index (κ3) is 4.27. The molecule has 3 heterocycles. The second-order valence-electron chi connectivity index (χ2n) is 7.90. The van der Waals surface area contributed by atoms with E-state index >= 15 is 0 Å². The molecule has 2 N–H and O–H groups in total. The van der Waals surface area contributed by atoms with E-state index in [0.29, 0.717) is 6.54 Å². The van der Waals surface area contributed by atoms with Crippen LogP contribution in [0.5, 0.6) is 0 Å². The number of hydrogen-bond donors (Lipinski definition) is 2. The molecule has 0 spiro atoms. The van der Waals surface area contributed by atoms with Crippen LogP contribution in [-0.4, -0.2) is 38.6 Å². The lowest BCUT2D eigenvalue weighted by Gasteiger charge is -2.29. The first-order chi connectivity index (χ1) is 14.4. The Morgan fingerprint density at radius 2 is 2.20 bits per heavy atom. The fourth-order valence-electron chi connectivity index (χ4n) is 3.98. The molecule has 1 aromatic rings. The highest BCUT2D eigenvalue weighted by molar-refractivity contribution is 7.94. The number of rotatable bonds is 5. The van der Waals surface area contributed by atoms with Crippen molar-refractivity contribution < 1.29 is 4.55 Å². The summed E-state index contributed by atoms with van der Waals surface area (Å²) in [7, 11) is 2.01. The first-order valence-electron chi connectivity index (χ1n) is 10.2. The lowest BCUT2D eigenvalue weighted by atomic mass is 10.0. The highest BCUT2D eigenvalue weighted by Gasteiger charge is 2.24. The average Bonchev–Trinajstić information content (AvgIpc) is 2.89. The van der Waals surface area contributed by atoms with Gasteiger partial charge in [0, 0.05) is 55.4 Å². The third-order valence-corrected chi connectivity index (χ3v) is 6.74. The Kier molecular flexibility index (Phi) is 5.92. The topological polar surface area (TPSA) is 68.2 Å². The van der Waals surface area contributed by atoms with Gasteiger partial charge >= 0.3 is 0 Å². The Labute approximate surface area is 181 Å². The van der Waals surface area contributed by atoms with Crippen LogP contribution in [-0.2, 0) is 31.2 Å². The molecule has 30 heavy (non-hydrogen) atoms. The molecule has 1 atom stereocenters. The third-order valence-electron chi connectivity index (χ3n) is 5.73. The van der Waals surface area contributed by atoms with E-state index in [1.807, 2.05) is 24.0 Å². The molecule has 0 saturated heterocycles. The number of fused-ring (bicyclic) bond motifs is 1. The number of aryl methyl sites for hydroxylation is 1. The number of anilines is 1. The van der Waals surface area contributed by atoms with Gasteiger partial charge in [-0.1, -0.05) is 18.7 Å². The van der Waals surface area contributed by atoms with Crippen LogP contribution in [0, 0.1) is 0 Å². The van der Waals surface area contributed by atoms with Crippen molar-refractivity contribution in [2.75, 3.05) is 24.7 Å². The maximum Gasteiger partial charge on any atom is 0.157 e. The summed E-state index contributed by atoms with van der Waals surface area (Å²) in [6.45, 7) is 8.61. The van der Waals surface area contributed by atoms with Crippen molar-refractivity contribution >= 4 is 17.0 Å². The van der Waals surface area contributed by atoms with E-state index < -0.39 is 11.2 Å². The van der Waals surface area contributed by atoms with Crippen LogP contribution in [0.25, 0.3) is 0 Å². The van der Waals surface area contributed by atoms with Crippen molar-refractivity contribution in [2.24, 2.45) is 7.05 Å². The van der Waals surface area contributed by atoms with Gasteiger partial charge in [0.15, 0.2) is 5.82 Å². The molecule has 2 aliphatic heterocycles. The van der Waals surface area contributed by atoms with Crippen LogP contribution in [0.2, 0.25) is 0 Å². The molecule has 0 radical (unpaired) electrons. The van der Waals surface area contributed by atoms with Crippen LogP contribution >= 0.6 is 0 Å². The molecule has 0 fully saturated rings. The zero-order valence-electron chi connectivity index (χ0n) is 17.9. The fourth-order valence-corrected chi connectivity index (χ4v) is 4.56. The Bertz CT molecular complexity index is 1010. The van der Waals surface area contributed by atoms with E-state index in [2.05, 4.69) is 53.3 Å². The molecule has 0 aromatic carbocycles. The smallest absolute Gasteiger partial charge is 0.157 e. The molecule has 7 heteroatoms. The van der Waals surface area contributed by atoms with Gasteiger partial charge in [0.1, 0.15) is 11.2 Å². The van der Waals surface area contributed by atoms with Crippen LogP contribution in [0.15, 0.2) is 70.6 Å². The second-order valence-corrected chi connectivity index (χ2v) is 9.33. The van der Waals surface area contributed by atoms with Crippen LogP contribution in [0.1, 0.15) is 24.6 Å². The molecule has 6 nitrogen and oxygen atoms in total. The maximum absolute atomic E-state index is 11.8. The summed E-state index contributed by atoms with van der Waals surface area (Å²) in [5, 5.41) is 11.5. The molecule has 0 bridgehead atoms. The highest BCUT2D eigenvalue weighted by atomic mass is 32.2. The Morgan fingerprint density at radius 1 is 1.37 bits per heavy atom. The van der Waals surface area contributed by atoms with Gasteiger partial charge in [-0.15, -0.1) is 0 Å². The SMILES string of the molecule is C=C(C)N1CCc2c(c(NC3=CC=C(C4=CNCC([S+](C)[O-])=C4)CC=C3)nn2C)C1. The number of nitrogens with one attached hydrogen (secondary N) is 2. The lowest BCUT2D eigenvalue weighted by Crippen LogP contribution is -2.29. The number of nitrogens with zero attached hydrogens (tertiary/aromatic N) is 3. The van der Waals surface area contributed by atoms with Gasteiger partial charge in [-0.25, -0.2) is 0 Å². The summed E-state index contributed by atoms with van der Waals surface area (Å²) >= 11 is -0.957. The number of allylic oxidation sites excluding steroid dienone is 8. The van der Waals surface area contributed by atoms with Gasteiger partial charge in [0.25, 0.3) is 0 Å². The van der Waals surface area contributed by atoms with Gasteiger partial charge in [0.05, 0.1) is 6.54 Å². The lowest BCUT2D eigenvalue weighted by molar-refractivity contribution is 0.320. The first kappa shape index (κ1) is 20.6. The van der Waals surface area contributed by atoms with Crippen LogP contribution in [0.4, 0.5) is 5.82 Å². The van der Waals surface area contributed by atoms with E-state index in [0.717, 1.165) is 53.6 Å². The molecule has 1 aliphatic carbocycles. The average molecular weight is 424 g/mol. The van der Waals surface area contributed by atoms with Gasteiger partial charge in [-0.2, -0.15) is 5.10 Å². The molecular formula is C23H29N5OS. The van der Waals surface area contributed by atoms with Gasteiger partial charge in [-0.3, -0.25) is 4.68 Å². The monoisotopic (exact) mass is 423 g/mol. The normalized spacial score (nSPS) is 19.5. The van der Waals surface area contributed by atoms with E-state index in [9.17, 15) is 4.55 Å². The number of hydrogen-bond acceptors (Lipinski definition) is 5. The van der Waals surface area contributed by atoms with Crippen molar-refractivity contribution in [2.45, 2.75) is 26.3 Å². The number of dihydropyridines is 1. The van der Waals surface area contributed by atoms with Crippen molar-refractivity contribution in [1.82, 2.24) is 20.0 Å². The van der Waals surface area contributed by atoms with Crippen molar-refractivity contribution in [3.05, 3.63) is 81.9 Å². The van der Waals surface area contributed by atoms with Crippen molar-refractivity contribution in [1.29, 1.82) is 0 Å². The summed E-state index contributed by atoms with van der Waals surface area (Å²) in [6, 6.07) is 0. The Hall–Kier alpha value is -2.64. The van der Waals surface area contributed by atoms with Crippen molar-refractivity contribution in [3.8, 4) is 0 Å². The predicted octanol–water partition coefficient (Wildman–Crippen LogP) is 3.24. The molecule has 1 unspecified atom stereocenters. The van der Waals surface area contributed by atoms with Crippen LogP contribution in [0.3, 0.4) is 0 Å². The minimum absolute atomic E-state index is 0.643. The van der Waals surface area contributed by atoms with E-state index in [1.165, 1.54) is 16.8 Å². The largest absolute Gasteiger partial charge is 0.612 e. The van der Waals surface area contributed by atoms with E-state index in [1.54, 1.807) is 6.26 Å². The zero-order chi connectivity index (χ0) is 21.3. The molecule has 3 aliphatic rings. The minimum atomic E-state index is -0.957. The van der Waals surface area contributed by atoms with E-state index in [4.69, 9.17) is 5.10 Å². The highest BCUT2D eigenvalue weighted by Crippen LogP contribution is 2.29. The maximum atomic E-state index is 11.8. The first-order valence-corrected chi connectivity index (χ1v) is 11.8. The quantitative estimate of drug-likeness (QED) is 0.712. The van der Waals surface area contributed by atoms with Crippen LogP contribution < -0.4 is 10.6 Å². The molecule has 158 valence electrons. The summed E-state index contributed by atoms with van der Waals surface area (Å²) in [5.74, 6) is 0.910. The van der Waals surface area contributed by atoms with Gasteiger partial charge in [-0.05, 0) is 53.9 Å². The molecule has 1 aromatic heterocycles. The van der Waals surface area contributed by atoms with Gasteiger partial charge < -0.3 is 20.1 Å². The number of aromatic nitrogens is 2. The molecule has 0 amide bonds. The predicted molar refractivity (Wildman–Crippen MR) is 124 cm³/mol. The van der Waals surface area contributed by atoms with E-state index in [-0.39, 0.29) is 0 Å². The summed E-state index contributed by atoms with van der Waals surface area (Å²) < 4.78 is 13.8. The minimum Gasteiger partial charge on any atom is -0.612 e. The summed E-state index contributed by atoms with van der Waals surface area (Å²) in [6.07, 6.45) is 16.0. The second kappa shape index (κ2) is 8.62. The van der Waals surface area contributed by atoms with Crippen molar-refractivity contribution in [3.63, 3.8) is 0 Å². The molecule has 0 saturated carbocycles. The standard InChI is InChI=1S/C23H29N5OS/c1-16(2)28-11-10-22-21(15-28)23(26-27(22)3)25-19-7-5-6-17(8-9-19)18-12-20(30(4)29)14-24-13-18/h5,7-9,12-13,24H,1,6,10-11,14-15H2,2-4H3,(H,25,26). The molecule has 4 rings (SSSR count). The Balaban J connectivity index is 1.56. The fraction of sp³-hybridized carbons (Fsp3) is 0.348. The zero-order valence-corrected chi connectivity index (χ0v) is 18.7. The molecular weight excluding hydrogens is 394 g/mol. The van der Waals surface area contributed by atoms with Gasteiger partial charge in [0.2, 0.25) is 0 Å².